The Kier molecular flexibility index (Phi) is 4.86. The van der Waals surface area contributed by atoms with Crippen LogP contribution in [0.1, 0.15) is 18.9 Å². The second-order valence-electron chi connectivity index (χ2n) is 4.72. The summed E-state index contributed by atoms with van der Waals surface area (Å²) < 4.78 is 14.1. The fourth-order valence-electron chi connectivity index (χ4n) is 2.21. The zero-order chi connectivity index (χ0) is 16.4. The third kappa shape index (κ3) is 3.00. The molecule has 2 N–H and O–H groups in total. The Morgan fingerprint density at radius 1 is 1.45 bits per heavy atom. The zero-order valence-corrected chi connectivity index (χ0v) is 13.2. The van der Waals surface area contributed by atoms with E-state index < -0.39 is 28.7 Å². The van der Waals surface area contributed by atoms with Crippen molar-refractivity contribution in [1.29, 1.82) is 0 Å². The first-order valence-corrected chi connectivity index (χ1v) is 7.32. The number of carboxylic acids is 1. The van der Waals surface area contributed by atoms with Gasteiger partial charge in [-0.3, -0.25) is 4.79 Å². The molecule has 7 nitrogen and oxygen atoms in total. The molecular weight excluding hydrogens is 360 g/mol. The minimum absolute atomic E-state index is 0.181. The van der Waals surface area contributed by atoms with E-state index in [1.54, 1.807) is 25.1 Å². The van der Waals surface area contributed by atoms with E-state index in [2.05, 4.69) is 15.9 Å². The average Bonchev–Trinajstić information content (AvgIpc) is 2.89. The molecule has 1 aromatic carbocycles. The van der Waals surface area contributed by atoms with E-state index >= 15 is 0 Å². The molecule has 120 valence electrons. The second-order valence-corrected chi connectivity index (χ2v) is 6.06. The van der Waals surface area contributed by atoms with Crippen LogP contribution in [0.2, 0.25) is 0 Å². The number of rotatable bonds is 6. The molecule has 0 spiro atoms. The van der Waals surface area contributed by atoms with Gasteiger partial charge in [-0.1, -0.05) is 37.3 Å². The number of aliphatic carboxylic acids is 1. The minimum atomic E-state index is -2.24. The molecule has 0 unspecified atom stereocenters. The van der Waals surface area contributed by atoms with Crippen molar-refractivity contribution < 1.29 is 34.0 Å². The topological polar surface area (TPSA) is 102 Å². The van der Waals surface area contributed by atoms with Crippen molar-refractivity contribution in [1.82, 2.24) is 0 Å². The molecule has 0 aromatic heterocycles. The third-order valence-corrected chi connectivity index (χ3v) is 4.58. The van der Waals surface area contributed by atoms with Crippen LogP contribution in [0.15, 0.2) is 30.3 Å². The molecule has 8 heteroatoms. The summed E-state index contributed by atoms with van der Waals surface area (Å²) in [6.45, 7) is 1.85. The van der Waals surface area contributed by atoms with Crippen molar-refractivity contribution in [2.24, 2.45) is 0 Å². The highest BCUT2D eigenvalue weighted by atomic mass is 79.9. The molecule has 1 heterocycles. The van der Waals surface area contributed by atoms with E-state index in [4.69, 9.17) is 14.2 Å². The van der Waals surface area contributed by atoms with Gasteiger partial charge in [-0.15, -0.1) is 0 Å². The number of ether oxygens (including phenoxy) is 3. The zero-order valence-electron chi connectivity index (χ0n) is 11.6. The number of hydrogen-bond donors (Lipinski definition) is 2. The molecule has 4 atom stereocenters. The quantitative estimate of drug-likeness (QED) is 0.571. The number of aliphatic hydroxyl groups is 1. The van der Waals surface area contributed by atoms with Crippen LogP contribution in [-0.2, 0) is 29.8 Å². The minimum Gasteiger partial charge on any atom is -0.479 e. The van der Waals surface area contributed by atoms with Crippen LogP contribution in [0.4, 0.5) is 0 Å². The maximum Gasteiger partial charge on any atom is 0.336 e. The van der Waals surface area contributed by atoms with E-state index in [1.807, 2.05) is 0 Å². The van der Waals surface area contributed by atoms with E-state index in [1.165, 1.54) is 12.1 Å². The molecule has 0 saturated carbocycles. The van der Waals surface area contributed by atoms with Gasteiger partial charge < -0.3 is 24.4 Å². The second kappa shape index (κ2) is 6.33. The molecule has 0 radical (unpaired) electrons. The first-order chi connectivity index (χ1) is 10.4. The SMILES string of the molecule is CC[C@@](Br)(OC=O)[C@@H]1O[C@](O)(c2ccccc2)O[C@H]1C(=O)O. The Morgan fingerprint density at radius 3 is 2.59 bits per heavy atom. The third-order valence-electron chi connectivity index (χ3n) is 3.38. The molecule has 22 heavy (non-hydrogen) atoms. The number of carboxylic acid groups (broad SMARTS) is 1. The lowest BCUT2D eigenvalue weighted by Crippen LogP contribution is -2.47. The predicted octanol–water partition coefficient (Wildman–Crippen LogP) is 1.33. The highest BCUT2D eigenvalue weighted by molar-refractivity contribution is 9.10. The van der Waals surface area contributed by atoms with Gasteiger partial charge in [-0.25, -0.2) is 4.79 Å². The number of halogens is 1. The van der Waals surface area contributed by atoms with Crippen LogP contribution in [-0.4, -0.2) is 39.4 Å². The van der Waals surface area contributed by atoms with E-state index in [-0.39, 0.29) is 18.5 Å². The summed E-state index contributed by atoms with van der Waals surface area (Å²) in [4.78, 5) is 22.1. The maximum absolute atomic E-state index is 11.4. The standard InChI is InChI=1S/C14H15BrO7/c1-2-13(15,20-8-16)11-10(12(17)18)21-14(19,22-11)9-6-4-3-5-7-9/h3-8,10-11,19H,2H2,1H3,(H,17,18)/t10-,11-,13-,14+/m1/s1. The molecule has 0 bridgehead atoms. The van der Waals surface area contributed by atoms with Gasteiger partial charge in [-0.05, 0) is 22.4 Å². The van der Waals surface area contributed by atoms with E-state index in [9.17, 15) is 19.8 Å². The molecule has 0 aliphatic carbocycles. The summed E-state index contributed by atoms with van der Waals surface area (Å²) in [6, 6.07) is 8.08. The lowest BCUT2D eigenvalue weighted by atomic mass is 10.1. The summed E-state index contributed by atoms with van der Waals surface area (Å²) in [5, 5.41) is 19.8. The average molecular weight is 375 g/mol. The van der Waals surface area contributed by atoms with Crippen LogP contribution in [0, 0.1) is 0 Å². The smallest absolute Gasteiger partial charge is 0.336 e. The number of carbonyl (C=O) groups is 2. The largest absolute Gasteiger partial charge is 0.479 e. The van der Waals surface area contributed by atoms with Crippen LogP contribution in [0.5, 0.6) is 0 Å². The summed E-state index contributed by atoms with van der Waals surface area (Å²) in [5.74, 6) is -3.58. The Labute approximate surface area is 134 Å². The number of benzene rings is 1. The lowest BCUT2D eigenvalue weighted by molar-refractivity contribution is -0.332. The van der Waals surface area contributed by atoms with Crippen LogP contribution in [0.25, 0.3) is 0 Å². The van der Waals surface area contributed by atoms with Crippen molar-refractivity contribution in [3.05, 3.63) is 35.9 Å². The molecule has 1 aliphatic heterocycles. The first kappa shape index (κ1) is 16.9. The predicted molar refractivity (Wildman–Crippen MR) is 76.8 cm³/mol. The number of alkyl halides is 1. The summed E-state index contributed by atoms with van der Waals surface area (Å²) in [5.41, 5.74) is 0.237. The van der Waals surface area contributed by atoms with Gasteiger partial charge in [-0.2, -0.15) is 0 Å². The van der Waals surface area contributed by atoms with E-state index in [0.29, 0.717) is 0 Å². The van der Waals surface area contributed by atoms with Crippen molar-refractivity contribution >= 4 is 28.4 Å². The monoisotopic (exact) mass is 374 g/mol. The van der Waals surface area contributed by atoms with Crippen molar-refractivity contribution in [2.75, 3.05) is 0 Å². The Hall–Kier alpha value is -1.48. The summed E-state index contributed by atoms with van der Waals surface area (Å²) in [6.07, 6.45) is -2.57. The molecule has 1 fully saturated rings. The Bertz CT molecular complexity index is 551. The number of hydrogen-bond acceptors (Lipinski definition) is 6. The van der Waals surface area contributed by atoms with Gasteiger partial charge in [0.2, 0.25) is 0 Å². The highest BCUT2D eigenvalue weighted by Crippen LogP contribution is 2.44. The fraction of sp³-hybridized carbons (Fsp3) is 0.429. The molecule has 1 saturated heterocycles. The van der Waals surface area contributed by atoms with E-state index in [0.717, 1.165) is 0 Å². The van der Waals surface area contributed by atoms with Crippen molar-refractivity contribution in [3.8, 4) is 0 Å². The van der Waals surface area contributed by atoms with Gasteiger partial charge in [0.25, 0.3) is 6.47 Å². The summed E-state index contributed by atoms with van der Waals surface area (Å²) >= 11 is 3.17. The Morgan fingerprint density at radius 2 is 2.09 bits per heavy atom. The molecule has 2 rings (SSSR count). The highest BCUT2D eigenvalue weighted by Gasteiger charge is 2.59. The van der Waals surface area contributed by atoms with Crippen LogP contribution in [0.3, 0.4) is 0 Å². The van der Waals surface area contributed by atoms with Gasteiger partial charge in [0.1, 0.15) is 0 Å². The first-order valence-electron chi connectivity index (χ1n) is 6.53. The molecule has 1 aromatic rings. The fourth-order valence-corrected chi connectivity index (χ4v) is 2.62. The van der Waals surface area contributed by atoms with Crippen molar-refractivity contribution in [2.45, 2.75) is 36.0 Å². The van der Waals surface area contributed by atoms with Gasteiger partial charge >= 0.3 is 11.9 Å². The van der Waals surface area contributed by atoms with Gasteiger partial charge in [0, 0.05) is 5.56 Å². The van der Waals surface area contributed by atoms with Crippen molar-refractivity contribution in [3.63, 3.8) is 0 Å². The molecule has 0 amide bonds. The number of carbonyl (C=O) groups excluding carboxylic acids is 1. The lowest BCUT2D eigenvalue weighted by Gasteiger charge is -2.31. The van der Waals surface area contributed by atoms with Gasteiger partial charge in [0.05, 0.1) is 0 Å². The van der Waals surface area contributed by atoms with Crippen LogP contribution < -0.4 is 0 Å². The normalized spacial score (nSPS) is 30.5. The Balaban J connectivity index is 2.38. The molecular formula is C14H15BrO7. The summed E-state index contributed by atoms with van der Waals surface area (Å²) in [7, 11) is 0. The maximum atomic E-state index is 11.4. The van der Waals surface area contributed by atoms with Gasteiger partial charge in [0.15, 0.2) is 16.7 Å². The molecule has 1 aliphatic rings. The van der Waals surface area contributed by atoms with Crippen LogP contribution >= 0.6 is 15.9 Å².